The summed E-state index contributed by atoms with van der Waals surface area (Å²) < 4.78 is 0. The first-order valence-corrected chi connectivity index (χ1v) is 6.59. The van der Waals surface area contributed by atoms with Crippen molar-refractivity contribution in [3.63, 3.8) is 0 Å². The van der Waals surface area contributed by atoms with Crippen LogP contribution in [-0.4, -0.2) is 15.0 Å². The van der Waals surface area contributed by atoms with Crippen molar-refractivity contribution in [1.82, 2.24) is 15.0 Å². The lowest BCUT2D eigenvalue weighted by Gasteiger charge is -2.08. The number of rotatable bonds is 3. The molecule has 3 aromatic rings. The molecule has 2 heterocycles. The maximum Gasteiger partial charge on any atom is 0.227 e. The van der Waals surface area contributed by atoms with E-state index in [9.17, 15) is 0 Å². The largest absolute Gasteiger partial charge is 0.398 e. The number of nitrogens with zero attached hydrogens (tertiary/aromatic N) is 3. The Balaban J connectivity index is 1.88. The summed E-state index contributed by atoms with van der Waals surface area (Å²) in [4.78, 5) is 12.8. The van der Waals surface area contributed by atoms with Crippen LogP contribution in [0.3, 0.4) is 0 Å². The summed E-state index contributed by atoms with van der Waals surface area (Å²) in [5, 5.41) is 3.16. The lowest BCUT2D eigenvalue weighted by Crippen LogP contribution is -1.99. The third kappa shape index (κ3) is 2.97. The summed E-state index contributed by atoms with van der Waals surface area (Å²) in [6.45, 7) is 1.97. The third-order valence-electron chi connectivity index (χ3n) is 3.15. The SMILES string of the molecule is Cc1ccc(N[13c]2[15n]c[13cH][13c](-c3cccnc3)[15n]2)cc1N. The maximum absolute atomic E-state index is 5.91. The van der Waals surface area contributed by atoms with Crippen molar-refractivity contribution in [3.8, 4) is 11.3 Å². The first kappa shape index (κ1) is 13.1. The zero-order valence-corrected chi connectivity index (χ0v) is 11.6. The van der Waals surface area contributed by atoms with Gasteiger partial charge in [0, 0.05) is 35.5 Å². The second-order valence-corrected chi connectivity index (χ2v) is 4.70. The van der Waals surface area contributed by atoms with Gasteiger partial charge in [-0.2, -0.15) is 0 Å². The quantitative estimate of drug-likeness (QED) is 0.721. The van der Waals surface area contributed by atoms with Crippen LogP contribution in [-0.2, 0) is 0 Å². The smallest absolute Gasteiger partial charge is 0.227 e. The van der Waals surface area contributed by atoms with Gasteiger partial charge in [-0.1, -0.05) is 6.07 Å². The van der Waals surface area contributed by atoms with E-state index in [1.54, 1.807) is 18.6 Å². The Morgan fingerprint density at radius 3 is 2.76 bits per heavy atom. The molecule has 0 fully saturated rings. The normalized spacial score (nSPS) is 10.3. The number of nitrogen functional groups attached to an aromatic ring is 1. The molecule has 21 heavy (non-hydrogen) atoms. The maximum atomic E-state index is 5.91. The van der Waals surface area contributed by atoms with Gasteiger partial charge in [0.25, 0.3) is 0 Å². The molecule has 0 saturated heterocycles. The lowest BCUT2D eigenvalue weighted by molar-refractivity contribution is 1.16. The summed E-state index contributed by atoms with van der Waals surface area (Å²) in [7, 11) is 0. The van der Waals surface area contributed by atoms with Crippen LogP contribution < -0.4 is 11.1 Å². The number of anilines is 3. The highest BCUT2D eigenvalue weighted by Crippen LogP contribution is 2.21. The van der Waals surface area contributed by atoms with E-state index in [1.165, 1.54) is 0 Å². The van der Waals surface area contributed by atoms with Gasteiger partial charge < -0.3 is 11.1 Å². The molecule has 0 aliphatic carbocycles. The number of nitrogens with one attached hydrogen (secondary N) is 1. The van der Waals surface area contributed by atoms with Crippen molar-refractivity contribution in [2.45, 2.75) is 6.92 Å². The van der Waals surface area contributed by atoms with Crippen molar-refractivity contribution in [2.24, 2.45) is 0 Å². The Labute approximate surface area is 122 Å². The summed E-state index contributed by atoms with van der Waals surface area (Å²) in [5.74, 6) is 0.527. The molecule has 0 atom stereocenters. The third-order valence-corrected chi connectivity index (χ3v) is 3.15. The zero-order valence-electron chi connectivity index (χ0n) is 11.6. The minimum atomic E-state index is 0.527. The van der Waals surface area contributed by atoms with Gasteiger partial charge in [0.1, 0.15) is 0 Å². The van der Waals surface area contributed by atoms with Gasteiger partial charge in [0.05, 0.1) is 5.69 Å². The average Bonchev–Trinajstić information content (AvgIpc) is 2.52. The molecule has 0 aliphatic heterocycles. The van der Waals surface area contributed by atoms with E-state index in [0.29, 0.717) is 5.95 Å². The number of benzene rings is 1. The minimum Gasteiger partial charge on any atom is -0.398 e. The molecule has 0 amide bonds. The van der Waals surface area contributed by atoms with Crippen LogP contribution in [0.15, 0.2) is 55.0 Å². The van der Waals surface area contributed by atoms with Crippen molar-refractivity contribution >= 4 is 17.3 Å². The molecule has 0 saturated carbocycles. The van der Waals surface area contributed by atoms with Crippen molar-refractivity contribution in [1.29, 1.82) is 0 Å². The standard InChI is InChI=1S/C16H15N5/c1-11-4-5-13(9-14(11)17)20-16-19-8-6-15(21-16)12-3-2-7-18-10-12/h2-10H,17H2,1H3,(H,19,20,21)/i6+1,15+1,16+1,19+1,21+1. The fraction of sp³-hybridized carbons (Fsp3) is 0.0625. The molecular formula is C16H15N5. The van der Waals surface area contributed by atoms with Crippen LogP contribution >= 0.6 is 0 Å². The molecule has 0 spiro atoms. The Bertz CT molecular complexity index is 756. The highest BCUT2D eigenvalue weighted by atomic mass is 15.9. The lowest BCUT2D eigenvalue weighted by atomic mass is 10.2. The first-order valence-electron chi connectivity index (χ1n) is 6.59. The predicted octanol–water partition coefficient (Wildman–Crippen LogP) is 3.17. The summed E-state index contributed by atoms with van der Waals surface area (Å²) in [6.07, 6.45) is 5.23. The van der Waals surface area contributed by atoms with E-state index in [0.717, 1.165) is 28.2 Å². The van der Waals surface area contributed by atoms with Crippen molar-refractivity contribution in [2.75, 3.05) is 11.1 Å². The molecule has 5 nitrogen and oxygen atoms in total. The second kappa shape index (κ2) is 5.58. The highest BCUT2D eigenvalue weighted by Gasteiger charge is 2.03. The minimum absolute atomic E-state index is 0.527. The molecule has 0 unspecified atom stereocenters. The number of nitrogens with two attached hydrogens (primary N) is 1. The van der Waals surface area contributed by atoms with E-state index in [1.807, 2.05) is 43.3 Å². The van der Waals surface area contributed by atoms with Crippen LogP contribution in [0.25, 0.3) is 11.3 Å². The Hall–Kier alpha value is -2.95. The molecule has 1 aromatic carbocycles. The Morgan fingerprint density at radius 1 is 1.10 bits per heavy atom. The van der Waals surface area contributed by atoms with Gasteiger partial charge >= 0.3 is 0 Å². The van der Waals surface area contributed by atoms with Crippen LogP contribution in [0.4, 0.5) is 17.3 Å². The zero-order chi connectivity index (χ0) is 14.7. The number of pyridine rings is 1. The fourth-order valence-electron chi connectivity index (χ4n) is 1.94. The van der Waals surface area contributed by atoms with Gasteiger partial charge in [-0.3, -0.25) is 4.98 Å². The molecule has 104 valence electrons. The Kier molecular flexibility index (Phi) is 3.47. The number of hydrogen-bond donors (Lipinski definition) is 2. The molecule has 0 bridgehead atoms. The summed E-state index contributed by atoms with van der Waals surface area (Å²) in [6, 6.07) is 11.5. The van der Waals surface area contributed by atoms with Crippen LogP contribution in [0.2, 0.25) is 0 Å². The van der Waals surface area contributed by atoms with E-state index in [2.05, 4.69) is 20.3 Å². The number of hydrogen-bond acceptors (Lipinski definition) is 5. The number of aromatic nitrogens is 3. The van der Waals surface area contributed by atoms with Crippen molar-refractivity contribution < 1.29 is 0 Å². The van der Waals surface area contributed by atoms with E-state index < -0.39 is 0 Å². The highest BCUT2D eigenvalue weighted by molar-refractivity contribution is 5.64. The molecule has 3 rings (SSSR count). The topological polar surface area (TPSA) is 76.7 Å². The molecule has 3 N–H and O–H groups in total. The molecule has 2 aromatic heterocycles. The molecular weight excluding hydrogens is 267 g/mol. The summed E-state index contributed by atoms with van der Waals surface area (Å²) >= 11 is 0. The molecule has 5 heteroatoms. The monoisotopic (exact) mass is 282 g/mol. The molecule has 0 aliphatic rings. The predicted molar refractivity (Wildman–Crippen MR) is 84.1 cm³/mol. The molecule has 0 radical (unpaired) electrons. The second-order valence-electron chi connectivity index (χ2n) is 4.70. The van der Waals surface area contributed by atoms with Gasteiger partial charge in [-0.15, -0.1) is 0 Å². The van der Waals surface area contributed by atoms with Crippen molar-refractivity contribution in [3.05, 3.63) is 60.6 Å². The summed E-state index contributed by atoms with van der Waals surface area (Å²) in [5.41, 5.74) is 10.3. The van der Waals surface area contributed by atoms with E-state index in [-0.39, 0.29) is 0 Å². The van der Waals surface area contributed by atoms with E-state index >= 15 is 0 Å². The fourth-order valence-corrected chi connectivity index (χ4v) is 1.94. The van der Waals surface area contributed by atoms with E-state index in [4.69, 9.17) is 5.73 Å². The Morgan fingerprint density at radius 2 is 2.00 bits per heavy atom. The van der Waals surface area contributed by atoms with Crippen LogP contribution in [0, 0.1) is 6.92 Å². The average molecular weight is 282 g/mol. The van der Waals surface area contributed by atoms with Gasteiger partial charge in [0.15, 0.2) is 0 Å². The van der Waals surface area contributed by atoms with Gasteiger partial charge in [-0.25, -0.2) is 9.97 Å². The van der Waals surface area contributed by atoms with Crippen LogP contribution in [0.1, 0.15) is 5.56 Å². The van der Waals surface area contributed by atoms with Gasteiger partial charge in [-0.05, 0) is 42.8 Å². The van der Waals surface area contributed by atoms with Crippen LogP contribution in [0.5, 0.6) is 0 Å². The first-order chi connectivity index (χ1) is 10.2. The number of aryl methyl sites for hydroxylation is 1. The van der Waals surface area contributed by atoms with Gasteiger partial charge in [0.2, 0.25) is 5.95 Å².